The summed E-state index contributed by atoms with van der Waals surface area (Å²) < 4.78 is 0.400. The van der Waals surface area contributed by atoms with Crippen LogP contribution < -0.4 is 16.2 Å². The summed E-state index contributed by atoms with van der Waals surface area (Å²) >= 11 is 0. The van der Waals surface area contributed by atoms with Crippen molar-refractivity contribution < 1.29 is 4.73 Å². The summed E-state index contributed by atoms with van der Waals surface area (Å²) in [4.78, 5) is 3.88. The van der Waals surface area contributed by atoms with Crippen LogP contribution in [0, 0.1) is 5.21 Å². The van der Waals surface area contributed by atoms with Crippen molar-refractivity contribution >= 4 is 23.0 Å². The van der Waals surface area contributed by atoms with E-state index in [0.717, 1.165) is 0 Å². The fourth-order valence-corrected chi connectivity index (χ4v) is 1.17. The lowest BCUT2D eigenvalue weighted by molar-refractivity contribution is -0.573. The van der Waals surface area contributed by atoms with Crippen LogP contribution in [0.3, 0.4) is 0 Å². The number of pyridine rings is 2. The molecule has 0 aliphatic rings. The van der Waals surface area contributed by atoms with Gasteiger partial charge in [0.15, 0.2) is 5.69 Å². The Balaban J connectivity index is 2.31. The SMILES string of the molecule is Nc1ccc(/N=N/c2cccnc2)c(N)[n+]1[O-]. The summed E-state index contributed by atoms with van der Waals surface area (Å²) in [5, 5.41) is 19.1. The average molecular weight is 230 g/mol. The topological polar surface area (TPSA) is 117 Å². The third kappa shape index (κ3) is 2.28. The Hall–Kier alpha value is -2.70. The molecule has 2 heterocycles. The van der Waals surface area contributed by atoms with E-state index in [4.69, 9.17) is 11.5 Å². The summed E-state index contributed by atoms with van der Waals surface area (Å²) in [7, 11) is 0. The molecule has 0 saturated carbocycles. The molecule has 0 aliphatic carbocycles. The lowest BCUT2D eigenvalue weighted by Gasteiger charge is -2.09. The zero-order chi connectivity index (χ0) is 12.3. The average Bonchev–Trinajstić information content (AvgIpc) is 2.36. The van der Waals surface area contributed by atoms with E-state index in [1.165, 1.54) is 12.1 Å². The first-order valence-corrected chi connectivity index (χ1v) is 4.78. The van der Waals surface area contributed by atoms with Crippen LogP contribution in [0.1, 0.15) is 0 Å². The maximum Gasteiger partial charge on any atom is 0.247 e. The first kappa shape index (κ1) is 10.8. The normalized spacial score (nSPS) is 10.8. The van der Waals surface area contributed by atoms with Gasteiger partial charge in [0.25, 0.3) is 0 Å². The number of rotatable bonds is 2. The first-order chi connectivity index (χ1) is 8.18. The summed E-state index contributed by atoms with van der Waals surface area (Å²) in [5.74, 6) is -0.0690. The standard InChI is InChI=1S/C10H10N6O/c11-9-4-3-8(10(12)16(9)17)15-14-7-2-1-5-13-6-7/h1-6H,11-12H2/b15-14+. The lowest BCUT2D eigenvalue weighted by atomic mass is 10.4. The Labute approximate surface area is 97.0 Å². The molecule has 0 atom stereocenters. The molecule has 2 aromatic heterocycles. The van der Waals surface area contributed by atoms with Crippen LogP contribution in [0.4, 0.5) is 23.0 Å². The van der Waals surface area contributed by atoms with Crippen LogP contribution in [0.5, 0.6) is 0 Å². The van der Waals surface area contributed by atoms with E-state index in [9.17, 15) is 5.21 Å². The molecule has 4 N–H and O–H groups in total. The Kier molecular flexibility index (Phi) is 2.82. The number of azo groups is 1. The first-order valence-electron chi connectivity index (χ1n) is 4.78. The van der Waals surface area contributed by atoms with Crippen LogP contribution in [0.25, 0.3) is 0 Å². The van der Waals surface area contributed by atoms with Gasteiger partial charge in [-0.1, -0.05) is 0 Å². The molecule has 2 aromatic rings. The molecular weight excluding hydrogens is 220 g/mol. The molecule has 0 radical (unpaired) electrons. The van der Waals surface area contributed by atoms with Gasteiger partial charge in [-0.05, 0) is 18.2 Å². The van der Waals surface area contributed by atoms with Crippen molar-refractivity contribution in [3.05, 3.63) is 41.9 Å². The van der Waals surface area contributed by atoms with Crippen LogP contribution in [-0.2, 0) is 0 Å². The van der Waals surface area contributed by atoms with Gasteiger partial charge in [0.05, 0.1) is 6.20 Å². The molecule has 86 valence electrons. The second-order valence-corrected chi connectivity index (χ2v) is 3.23. The van der Waals surface area contributed by atoms with Crippen LogP contribution in [0.15, 0.2) is 46.9 Å². The number of nitrogens with zero attached hydrogens (tertiary/aromatic N) is 4. The number of hydrogen-bond donors (Lipinski definition) is 2. The van der Waals surface area contributed by atoms with Crippen LogP contribution in [-0.4, -0.2) is 4.98 Å². The van der Waals surface area contributed by atoms with E-state index < -0.39 is 0 Å². The van der Waals surface area contributed by atoms with Gasteiger partial charge in [0.2, 0.25) is 11.6 Å². The molecular formula is C10H10N6O. The molecule has 0 saturated heterocycles. The van der Waals surface area contributed by atoms with E-state index in [1.807, 2.05) is 0 Å². The number of nitrogen functional groups attached to an aromatic ring is 2. The summed E-state index contributed by atoms with van der Waals surface area (Å²) in [6, 6.07) is 6.41. The Bertz CT molecular complexity index is 554. The highest BCUT2D eigenvalue weighted by atomic mass is 16.5. The summed E-state index contributed by atoms with van der Waals surface area (Å²) in [5.41, 5.74) is 11.8. The smallest absolute Gasteiger partial charge is 0.247 e. The second-order valence-electron chi connectivity index (χ2n) is 3.23. The van der Waals surface area contributed by atoms with Crippen molar-refractivity contribution in [2.24, 2.45) is 10.2 Å². The summed E-state index contributed by atoms with van der Waals surface area (Å²) in [6.07, 6.45) is 3.17. The van der Waals surface area contributed by atoms with Crippen LogP contribution in [0.2, 0.25) is 0 Å². The Morgan fingerprint density at radius 1 is 1.18 bits per heavy atom. The molecule has 0 aromatic carbocycles. The highest BCUT2D eigenvalue weighted by Crippen LogP contribution is 2.21. The Morgan fingerprint density at radius 2 is 2.00 bits per heavy atom. The summed E-state index contributed by atoms with van der Waals surface area (Å²) in [6.45, 7) is 0. The molecule has 0 spiro atoms. The van der Waals surface area contributed by atoms with Gasteiger partial charge >= 0.3 is 0 Å². The van der Waals surface area contributed by atoms with Gasteiger partial charge in [-0.3, -0.25) is 4.98 Å². The van der Waals surface area contributed by atoms with Crippen molar-refractivity contribution in [3.8, 4) is 0 Å². The van der Waals surface area contributed by atoms with Gasteiger partial charge in [-0.2, -0.15) is 0 Å². The maximum absolute atomic E-state index is 11.4. The number of nitrogens with two attached hydrogens (primary N) is 2. The van der Waals surface area contributed by atoms with Crippen molar-refractivity contribution in [2.45, 2.75) is 0 Å². The van der Waals surface area contributed by atoms with E-state index in [1.54, 1.807) is 24.5 Å². The monoisotopic (exact) mass is 230 g/mol. The number of anilines is 2. The van der Waals surface area contributed by atoms with E-state index >= 15 is 0 Å². The highest BCUT2D eigenvalue weighted by Gasteiger charge is 2.06. The molecule has 7 nitrogen and oxygen atoms in total. The van der Waals surface area contributed by atoms with Crippen molar-refractivity contribution in [3.63, 3.8) is 0 Å². The van der Waals surface area contributed by atoms with E-state index in [-0.39, 0.29) is 17.3 Å². The second kappa shape index (κ2) is 4.44. The fraction of sp³-hybridized carbons (Fsp3) is 0. The number of hydrogen-bond acceptors (Lipinski definition) is 6. The predicted octanol–water partition coefficient (Wildman–Crippen LogP) is 1.29. The molecule has 17 heavy (non-hydrogen) atoms. The Morgan fingerprint density at radius 3 is 2.71 bits per heavy atom. The van der Waals surface area contributed by atoms with Crippen LogP contribution >= 0.6 is 0 Å². The van der Waals surface area contributed by atoms with Crippen molar-refractivity contribution in [2.75, 3.05) is 11.5 Å². The van der Waals surface area contributed by atoms with Crippen molar-refractivity contribution in [1.29, 1.82) is 0 Å². The van der Waals surface area contributed by atoms with Gasteiger partial charge in [0, 0.05) is 12.3 Å². The quantitative estimate of drug-likeness (QED) is 0.459. The maximum atomic E-state index is 11.4. The molecule has 0 fully saturated rings. The molecule has 0 amide bonds. The lowest BCUT2D eigenvalue weighted by Crippen LogP contribution is -2.33. The van der Waals surface area contributed by atoms with E-state index in [0.29, 0.717) is 10.4 Å². The molecule has 7 heteroatoms. The highest BCUT2D eigenvalue weighted by molar-refractivity contribution is 5.55. The van der Waals surface area contributed by atoms with Gasteiger partial charge < -0.3 is 16.7 Å². The zero-order valence-electron chi connectivity index (χ0n) is 8.82. The minimum Gasteiger partial charge on any atom is -0.740 e. The molecule has 0 unspecified atom stereocenters. The van der Waals surface area contributed by atoms with Crippen molar-refractivity contribution in [1.82, 2.24) is 4.98 Å². The van der Waals surface area contributed by atoms with Gasteiger partial charge in [-0.15, -0.1) is 10.2 Å². The minimum atomic E-state index is -0.0855. The largest absolute Gasteiger partial charge is 0.740 e. The van der Waals surface area contributed by atoms with Gasteiger partial charge in [-0.25, -0.2) is 4.73 Å². The van der Waals surface area contributed by atoms with E-state index in [2.05, 4.69) is 15.2 Å². The van der Waals surface area contributed by atoms with Gasteiger partial charge in [0.1, 0.15) is 5.69 Å². The number of aromatic nitrogens is 2. The third-order valence-corrected chi connectivity index (χ3v) is 2.05. The minimum absolute atomic E-state index is 0.0165. The molecule has 0 aliphatic heterocycles. The molecule has 2 rings (SSSR count). The predicted molar refractivity (Wildman–Crippen MR) is 62.6 cm³/mol. The third-order valence-electron chi connectivity index (χ3n) is 2.05. The zero-order valence-corrected chi connectivity index (χ0v) is 8.82. The molecule has 0 bridgehead atoms. The fourth-order valence-electron chi connectivity index (χ4n) is 1.17.